The third kappa shape index (κ3) is 3.36. The predicted octanol–water partition coefficient (Wildman–Crippen LogP) is 3.59. The first-order valence-electron chi connectivity index (χ1n) is 6.05. The van der Waals surface area contributed by atoms with Crippen molar-refractivity contribution in [2.75, 3.05) is 10.5 Å². The van der Waals surface area contributed by atoms with Crippen molar-refractivity contribution in [3.8, 4) is 0 Å². The van der Waals surface area contributed by atoms with Crippen LogP contribution < -0.4 is 10.5 Å². The standard InChI is InChI=1S/C14H14BrFN2O2S/c1-8-3-4-11(7-12(8)15)18-21(19,20)14-6-10(17)5-13(16)9(14)2/h3-7,18H,17H2,1-2H3. The lowest BCUT2D eigenvalue weighted by atomic mass is 10.2. The van der Waals surface area contributed by atoms with E-state index < -0.39 is 15.8 Å². The second-order valence-corrected chi connectivity index (χ2v) is 7.20. The number of halogens is 2. The summed E-state index contributed by atoms with van der Waals surface area (Å²) in [5, 5.41) is 0. The summed E-state index contributed by atoms with van der Waals surface area (Å²) in [6, 6.07) is 7.38. The molecule has 21 heavy (non-hydrogen) atoms. The minimum absolute atomic E-state index is 0.0304. The van der Waals surface area contributed by atoms with Gasteiger partial charge in [0, 0.05) is 21.4 Å². The van der Waals surface area contributed by atoms with Gasteiger partial charge in [-0.15, -0.1) is 0 Å². The van der Waals surface area contributed by atoms with Gasteiger partial charge < -0.3 is 5.73 Å². The number of nitrogens with two attached hydrogens (primary N) is 1. The minimum atomic E-state index is -3.91. The molecular formula is C14H14BrFN2O2S. The number of hydrogen-bond acceptors (Lipinski definition) is 3. The van der Waals surface area contributed by atoms with Crippen LogP contribution in [0.2, 0.25) is 0 Å². The van der Waals surface area contributed by atoms with Crippen LogP contribution in [0.15, 0.2) is 39.7 Å². The number of sulfonamides is 1. The molecule has 0 atom stereocenters. The van der Waals surface area contributed by atoms with Gasteiger partial charge in [0.05, 0.1) is 4.90 Å². The fourth-order valence-electron chi connectivity index (χ4n) is 1.82. The zero-order valence-electron chi connectivity index (χ0n) is 11.4. The van der Waals surface area contributed by atoms with E-state index in [1.54, 1.807) is 18.2 Å². The Kier molecular flexibility index (Phi) is 4.25. The highest BCUT2D eigenvalue weighted by atomic mass is 79.9. The van der Waals surface area contributed by atoms with E-state index in [9.17, 15) is 12.8 Å². The van der Waals surface area contributed by atoms with Crippen LogP contribution in [0.1, 0.15) is 11.1 Å². The molecule has 0 aliphatic carbocycles. The summed E-state index contributed by atoms with van der Waals surface area (Å²) >= 11 is 3.33. The summed E-state index contributed by atoms with van der Waals surface area (Å²) in [5.41, 5.74) is 6.97. The number of rotatable bonds is 3. The van der Waals surface area contributed by atoms with Crippen molar-refractivity contribution in [1.29, 1.82) is 0 Å². The van der Waals surface area contributed by atoms with Crippen LogP contribution in [-0.4, -0.2) is 8.42 Å². The van der Waals surface area contributed by atoms with E-state index in [-0.39, 0.29) is 16.1 Å². The van der Waals surface area contributed by atoms with Crippen LogP contribution in [0.3, 0.4) is 0 Å². The molecule has 0 aliphatic rings. The van der Waals surface area contributed by atoms with Gasteiger partial charge in [-0.1, -0.05) is 22.0 Å². The van der Waals surface area contributed by atoms with Gasteiger partial charge in [-0.05, 0) is 43.7 Å². The number of nitrogen functional groups attached to an aromatic ring is 1. The molecule has 0 fully saturated rings. The Morgan fingerprint density at radius 3 is 2.48 bits per heavy atom. The Bertz CT molecular complexity index is 807. The van der Waals surface area contributed by atoms with Crippen molar-refractivity contribution in [3.05, 3.63) is 51.7 Å². The molecule has 0 unspecified atom stereocenters. The fourth-order valence-corrected chi connectivity index (χ4v) is 3.54. The van der Waals surface area contributed by atoms with Crippen LogP contribution in [0.5, 0.6) is 0 Å². The highest BCUT2D eigenvalue weighted by Gasteiger charge is 2.20. The van der Waals surface area contributed by atoms with Crippen LogP contribution >= 0.6 is 15.9 Å². The Balaban J connectivity index is 2.45. The van der Waals surface area contributed by atoms with Crippen molar-refractivity contribution in [2.45, 2.75) is 18.7 Å². The quantitative estimate of drug-likeness (QED) is 0.808. The van der Waals surface area contributed by atoms with Gasteiger partial charge in [0.25, 0.3) is 10.0 Å². The van der Waals surface area contributed by atoms with Crippen LogP contribution in [-0.2, 0) is 10.0 Å². The van der Waals surface area contributed by atoms with E-state index in [2.05, 4.69) is 20.7 Å². The average Bonchev–Trinajstić information content (AvgIpc) is 2.37. The molecule has 0 heterocycles. The molecule has 3 N–H and O–H groups in total. The lowest BCUT2D eigenvalue weighted by Gasteiger charge is -2.12. The summed E-state index contributed by atoms with van der Waals surface area (Å²) in [7, 11) is -3.91. The van der Waals surface area contributed by atoms with E-state index in [0.29, 0.717) is 5.69 Å². The first-order valence-corrected chi connectivity index (χ1v) is 8.33. The number of anilines is 2. The average molecular weight is 373 g/mol. The van der Waals surface area contributed by atoms with Gasteiger partial charge >= 0.3 is 0 Å². The summed E-state index contributed by atoms with van der Waals surface area (Å²) in [6.45, 7) is 3.29. The van der Waals surface area contributed by atoms with Crippen LogP contribution in [0.4, 0.5) is 15.8 Å². The van der Waals surface area contributed by atoms with Crippen molar-refractivity contribution < 1.29 is 12.8 Å². The van der Waals surface area contributed by atoms with Gasteiger partial charge in [0.1, 0.15) is 5.82 Å². The zero-order chi connectivity index (χ0) is 15.8. The van der Waals surface area contributed by atoms with Crippen molar-refractivity contribution >= 4 is 37.3 Å². The van der Waals surface area contributed by atoms with Crippen LogP contribution in [0.25, 0.3) is 0 Å². The molecule has 2 aromatic carbocycles. The Hall–Kier alpha value is -1.60. The summed E-state index contributed by atoms with van der Waals surface area (Å²) in [6.07, 6.45) is 0. The smallest absolute Gasteiger partial charge is 0.262 e. The van der Waals surface area contributed by atoms with Gasteiger partial charge in [-0.2, -0.15) is 0 Å². The summed E-state index contributed by atoms with van der Waals surface area (Å²) < 4.78 is 41.6. The molecule has 0 radical (unpaired) electrons. The molecule has 4 nitrogen and oxygen atoms in total. The summed E-state index contributed by atoms with van der Waals surface area (Å²) in [4.78, 5) is -0.170. The number of benzene rings is 2. The molecule has 7 heteroatoms. The van der Waals surface area contributed by atoms with E-state index in [0.717, 1.165) is 16.1 Å². The third-order valence-electron chi connectivity index (χ3n) is 3.03. The third-order valence-corrected chi connectivity index (χ3v) is 5.39. The number of aryl methyl sites for hydroxylation is 1. The van der Waals surface area contributed by atoms with Gasteiger partial charge in [-0.3, -0.25) is 4.72 Å². The second-order valence-electron chi connectivity index (χ2n) is 4.70. The first-order chi connectivity index (χ1) is 9.70. The van der Waals surface area contributed by atoms with Crippen molar-refractivity contribution in [3.63, 3.8) is 0 Å². The number of nitrogens with one attached hydrogen (secondary N) is 1. The Morgan fingerprint density at radius 2 is 1.86 bits per heavy atom. The highest BCUT2D eigenvalue weighted by molar-refractivity contribution is 9.10. The Labute approximate surface area is 131 Å². The molecule has 0 aromatic heterocycles. The van der Waals surface area contributed by atoms with Crippen molar-refractivity contribution in [1.82, 2.24) is 0 Å². The Morgan fingerprint density at radius 1 is 1.19 bits per heavy atom. The van der Waals surface area contributed by atoms with E-state index in [1.807, 2.05) is 6.92 Å². The molecule has 0 saturated carbocycles. The van der Waals surface area contributed by atoms with Crippen molar-refractivity contribution in [2.24, 2.45) is 0 Å². The molecule has 112 valence electrons. The molecule has 0 bridgehead atoms. The lowest BCUT2D eigenvalue weighted by Crippen LogP contribution is -2.15. The topological polar surface area (TPSA) is 72.2 Å². The fraction of sp³-hybridized carbons (Fsp3) is 0.143. The maximum atomic E-state index is 13.6. The largest absolute Gasteiger partial charge is 0.399 e. The van der Waals surface area contributed by atoms with E-state index >= 15 is 0 Å². The van der Waals surface area contributed by atoms with E-state index in [1.165, 1.54) is 13.0 Å². The second kappa shape index (κ2) is 5.65. The summed E-state index contributed by atoms with van der Waals surface area (Å²) in [5.74, 6) is -0.652. The SMILES string of the molecule is Cc1ccc(NS(=O)(=O)c2cc(N)cc(F)c2C)cc1Br. The number of hydrogen-bond donors (Lipinski definition) is 2. The predicted molar refractivity (Wildman–Crippen MR) is 85.2 cm³/mol. The van der Waals surface area contributed by atoms with Crippen LogP contribution in [0, 0.1) is 19.7 Å². The molecule has 0 amide bonds. The molecule has 0 spiro atoms. The molecule has 0 aliphatic heterocycles. The maximum Gasteiger partial charge on any atom is 0.262 e. The molecule has 2 rings (SSSR count). The lowest BCUT2D eigenvalue weighted by molar-refractivity contribution is 0.591. The zero-order valence-corrected chi connectivity index (χ0v) is 13.8. The maximum absolute atomic E-state index is 13.6. The monoisotopic (exact) mass is 372 g/mol. The van der Waals surface area contributed by atoms with Gasteiger partial charge in [-0.25, -0.2) is 12.8 Å². The first kappa shape index (κ1) is 15.8. The highest BCUT2D eigenvalue weighted by Crippen LogP contribution is 2.26. The van der Waals surface area contributed by atoms with Gasteiger partial charge in [0.15, 0.2) is 0 Å². The molecule has 2 aromatic rings. The minimum Gasteiger partial charge on any atom is -0.399 e. The molecule has 0 saturated heterocycles. The normalized spacial score (nSPS) is 11.4. The van der Waals surface area contributed by atoms with Gasteiger partial charge in [0.2, 0.25) is 0 Å². The molecular weight excluding hydrogens is 359 g/mol. The van der Waals surface area contributed by atoms with E-state index in [4.69, 9.17) is 5.73 Å².